The molecule has 0 spiro atoms. The van der Waals surface area contributed by atoms with Gasteiger partial charge in [0.2, 0.25) is 5.91 Å². The molecule has 0 atom stereocenters. The second kappa shape index (κ2) is 6.85. The Hall–Kier alpha value is -1.69. The molecule has 1 aromatic rings. The van der Waals surface area contributed by atoms with E-state index in [1.54, 1.807) is 6.20 Å². The SMILES string of the molecule is O=C1CCCN1CCNc1cncc(C2CCNCC2)n1. The molecule has 0 saturated carbocycles. The molecular formula is C15H23N5O. The molecule has 3 rings (SSSR count). The number of carbonyl (C=O) groups excluding carboxylic acids is 1. The van der Waals surface area contributed by atoms with Gasteiger partial charge in [-0.3, -0.25) is 9.78 Å². The Morgan fingerprint density at radius 2 is 2.19 bits per heavy atom. The maximum absolute atomic E-state index is 11.5. The van der Waals surface area contributed by atoms with Gasteiger partial charge in [-0.1, -0.05) is 0 Å². The standard InChI is InChI=1S/C15H23N5O/c21-15-2-1-8-20(15)9-7-18-14-11-17-10-13(19-14)12-3-5-16-6-4-12/h10-12,16H,1-9H2,(H,18,19). The molecule has 2 aliphatic rings. The number of likely N-dealkylation sites (tertiary alicyclic amines) is 1. The first-order valence-corrected chi connectivity index (χ1v) is 7.87. The molecule has 2 fully saturated rings. The Bertz CT molecular complexity index is 487. The van der Waals surface area contributed by atoms with Gasteiger partial charge < -0.3 is 15.5 Å². The van der Waals surface area contributed by atoms with Crippen LogP contribution in [0.15, 0.2) is 12.4 Å². The van der Waals surface area contributed by atoms with E-state index in [9.17, 15) is 4.79 Å². The fourth-order valence-electron chi connectivity index (χ4n) is 3.04. The predicted molar refractivity (Wildman–Crippen MR) is 81.2 cm³/mol. The quantitative estimate of drug-likeness (QED) is 0.845. The minimum absolute atomic E-state index is 0.270. The molecule has 0 aliphatic carbocycles. The van der Waals surface area contributed by atoms with Crippen molar-refractivity contribution >= 4 is 11.7 Å². The molecule has 0 aromatic carbocycles. The van der Waals surface area contributed by atoms with E-state index in [1.807, 2.05) is 11.1 Å². The summed E-state index contributed by atoms with van der Waals surface area (Å²) in [5.74, 6) is 1.60. The van der Waals surface area contributed by atoms with Gasteiger partial charge in [0.15, 0.2) is 0 Å². The summed E-state index contributed by atoms with van der Waals surface area (Å²) in [6.07, 6.45) is 7.58. The van der Waals surface area contributed by atoms with Crippen LogP contribution in [0, 0.1) is 0 Å². The van der Waals surface area contributed by atoms with Crippen LogP contribution in [-0.2, 0) is 4.79 Å². The lowest BCUT2D eigenvalue weighted by Gasteiger charge is -2.22. The average Bonchev–Trinajstić information content (AvgIpc) is 2.94. The fraction of sp³-hybridized carbons (Fsp3) is 0.667. The van der Waals surface area contributed by atoms with Gasteiger partial charge in [0.1, 0.15) is 5.82 Å². The minimum atomic E-state index is 0.270. The van der Waals surface area contributed by atoms with Crippen LogP contribution in [0.4, 0.5) is 5.82 Å². The number of piperidine rings is 1. The molecule has 6 nitrogen and oxygen atoms in total. The zero-order valence-corrected chi connectivity index (χ0v) is 12.3. The minimum Gasteiger partial charge on any atom is -0.367 e. The maximum Gasteiger partial charge on any atom is 0.222 e. The van der Waals surface area contributed by atoms with E-state index >= 15 is 0 Å². The highest BCUT2D eigenvalue weighted by atomic mass is 16.2. The van der Waals surface area contributed by atoms with Crippen molar-refractivity contribution in [2.75, 3.05) is 38.0 Å². The molecule has 114 valence electrons. The van der Waals surface area contributed by atoms with Crippen molar-refractivity contribution in [2.24, 2.45) is 0 Å². The fourth-order valence-corrected chi connectivity index (χ4v) is 3.04. The second-order valence-electron chi connectivity index (χ2n) is 5.76. The summed E-state index contributed by atoms with van der Waals surface area (Å²) < 4.78 is 0. The van der Waals surface area contributed by atoms with Gasteiger partial charge >= 0.3 is 0 Å². The van der Waals surface area contributed by atoms with Crippen LogP contribution in [0.2, 0.25) is 0 Å². The van der Waals surface area contributed by atoms with Crippen molar-refractivity contribution in [1.29, 1.82) is 0 Å². The molecule has 6 heteroatoms. The molecule has 0 unspecified atom stereocenters. The number of carbonyl (C=O) groups is 1. The molecule has 0 radical (unpaired) electrons. The normalized spacial score (nSPS) is 20.0. The Kier molecular flexibility index (Phi) is 4.65. The Labute approximate surface area is 125 Å². The zero-order valence-electron chi connectivity index (χ0n) is 12.3. The third-order valence-electron chi connectivity index (χ3n) is 4.27. The zero-order chi connectivity index (χ0) is 14.5. The highest BCUT2D eigenvalue weighted by molar-refractivity contribution is 5.78. The summed E-state index contributed by atoms with van der Waals surface area (Å²) >= 11 is 0. The number of amides is 1. The highest BCUT2D eigenvalue weighted by Gasteiger charge is 2.19. The van der Waals surface area contributed by atoms with E-state index in [0.29, 0.717) is 12.3 Å². The molecule has 2 N–H and O–H groups in total. The van der Waals surface area contributed by atoms with Gasteiger partial charge in [0.25, 0.3) is 0 Å². The largest absolute Gasteiger partial charge is 0.367 e. The smallest absolute Gasteiger partial charge is 0.222 e. The van der Waals surface area contributed by atoms with Crippen molar-refractivity contribution in [3.8, 4) is 0 Å². The number of anilines is 1. The lowest BCUT2D eigenvalue weighted by molar-refractivity contribution is -0.127. The molecule has 2 aliphatic heterocycles. The van der Waals surface area contributed by atoms with Crippen molar-refractivity contribution in [3.63, 3.8) is 0 Å². The first kappa shape index (κ1) is 14.3. The summed E-state index contributed by atoms with van der Waals surface area (Å²) in [4.78, 5) is 22.4. The molecule has 2 saturated heterocycles. The molecule has 1 aromatic heterocycles. The summed E-state index contributed by atoms with van der Waals surface area (Å²) in [5, 5.41) is 6.66. The number of hydrogen-bond acceptors (Lipinski definition) is 5. The van der Waals surface area contributed by atoms with Crippen LogP contribution in [-0.4, -0.2) is 53.5 Å². The van der Waals surface area contributed by atoms with Crippen LogP contribution in [0.3, 0.4) is 0 Å². The molecule has 1 amide bonds. The molecular weight excluding hydrogens is 266 g/mol. The second-order valence-corrected chi connectivity index (χ2v) is 5.76. The van der Waals surface area contributed by atoms with Gasteiger partial charge in [0, 0.05) is 38.2 Å². The van der Waals surface area contributed by atoms with E-state index in [-0.39, 0.29) is 5.91 Å². The Morgan fingerprint density at radius 3 is 2.95 bits per heavy atom. The van der Waals surface area contributed by atoms with Crippen molar-refractivity contribution in [2.45, 2.75) is 31.6 Å². The van der Waals surface area contributed by atoms with Gasteiger partial charge in [-0.25, -0.2) is 4.98 Å². The summed E-state index contributed by atoms with van der Waals surface area (Å²) in [6.45, 7) is 4.48. The summed E-state index contributed by atoms with van der Waals surface area (Å²) in [7, 11) is 0. The lowest BCUT2D eigenvalue weighted by Crippen LogP contribution is -2.30. The first-order chi connectivity index (χ1) is 10.3. The number of rotatable bonds is 5. The topological polar surface area (TPSA) is 70.2 Å². The van der Waals surface area contributed by atoms with Gasteiger partial charge in [-0.05, 0) is 32.4 Å². The third kappa shape index (κ3) is 3.69. The maximum atomic E-state index is 11.5. The predicted octanol–water partition coefficient (Wildman–Crippen LogP) is 0.978. The lowest BCUT2D eigenvalue weighted by atomic mass is 9.95. The van der Waals surface area contributed by atoms with E-state index in [0.717, 1.165) is 63.5 Å². The van der Waals surface area contributed by atoms with E-state index in [4.69, 9.17) is 0 Å². The molecule has 0 bridgehead atoms. The van der Waals surface area contributed by atoms with E-state index in [1.165, 1.54) is 0 Å². The van der Waals surface area contributed by atoms with Crippen LogP contribution < -0.4 is 10.6 Å². The van der Waals surface area contributed by atoms with Crippen LogP contribution in [0.5, 0.6) is 0 Å². The van der Waals surface area contributed by atoms with Crippen molar-refractivity contribution < 1.29 is 4.79 Å². The number of nitrogens with zero attached hydrogens (tertiary/aromatic N) is 3. The summed E-state index contributed by atoms with van der Waals surface area (Å²) in [6, 6.07) is 0. The number of hydrogen-bond donors (Lipinski definition) is 2. The average molecular weight is 289 g/mol. The monoisotopic (exact) mass is 289 g/mol. The third-order valence-corrected chi connectivity index (χ3v) is 4.27. The first-order valence-electron chi connectivity index (χ1n) is 7.87. The van der Waals surface area contributed by atoms with Crippen molar-refractivity contribution in [1.82, 2.24) is 20.2 Å². The Morgan fingerprint density at radius 1 is 1.33 bits per heavy atom. The molecule has 3 heterocycles. The summed E-state index contributed by atoms with van der Waals surface area (Å²) in [5.41, 5.74) is 1.08. The van der Waals surface area contributed by atoms with Crippen LogP contribution in [0.25, 0.3) is 0 Å². The van der Waals surface area contributed by atoms with Crippen LogP contribution >= 0.6 is 0 Å². The molecule has 21 heavy (non-hydrogen) atoms. The van der Waals surface area contributed by atoms with Crippen LogP contribution in [0.1, 0.15) is 37.3 Å². The number of aromatic nitrogens is 2. The van der Waals surface area contributed by atoms with Gasteiger partial charge in [-0.15, -0.1) is 0 Å². The van der Waals surface area contributed by atoms with Gasteiger partial charge in [-0.2, -0.15) is 0 Å². The van der Waals surface area contributed by atoms with Gasteiger partial charge in [0.05, 0.1) is 11.9 Å². The highest BCUT2D eigenvalue weighted by Crippen LogP contribution is 2.23. The van der Waals surface area contributed by atoms with Crippen molar-refractivity contribution in [3.05, 3.63) is 18.1 Å². The Balaban J connectivity index is 1.52. The van der Waals surface area contributed by atoms with E-state index in [2.05, 4.69) is 20.6 Å². The van der Waals surface area contributed by atoms with E-state index < -0.39 is 0 Å². The number of nitrogens with one attached hydrogen (secondary N) is 2.